The number of hydrogen-bond acceptors (Lipinski definition) is 2. The van der Waals surface area contributed by atoms with Crippen LogP contribution >= 0.6 is 23.2 Å². The third-order valence-electron chi connectivity index (χ3n) is 1.89. The Morgan fingerprint density at radius 2 is 2.14 bits per heavy atom. The number of nitrogens with two attached hydrogens (primary N) is 1. The van der Waals surface area contributed by atoms with Gasteiger partial charge in [0, 0.05) is 28.8 Å². The largest absolute Gasteiger partial charge is 0.372 e. The Kier molecular flexibility index (Phi) is 4.69. The van der Waals surface area contributed by atoms with Gasteiger partial charge in [-0.3, -0.25) is 0 Å². The van der Waals surface area contributed by atoms with Crippen LogP contribution in [-0.4, -0.2) is 13.2 Å². The molecular weight excluding hydrogens is 221 g/mol. The van der Waals surface area contributed by atoms with Gasteiger partial charge in [0.1, 0.15) is 0 Å². The van der Waals surface area contributed by atoms with Gasteiger partial charge >= 0.3 is 0 Å². The van der Waals surface area contributed by atoms with Crippen LogP contribution in [0.15, 0.2) is 18.2 Å². The maximum atomic E-state index is 6.02. The lowest BCUT2D eigenvalue weighted by Gasteiger charge is -2.16. The van der Waals surface area contributed by atoms with Crippen molar-refractivity contribution in [3.8, 4) is 0 Å². The second-order valence-electron chi connectivity index (χ2n) is 2.85. The number of halogens is 2. The van der Waals surface area contributed by atoms with E-state index in [2.05, 4.69) is 0 Å². The summed E-state index contributed by atoms with van der Waals surface area (Å²) in [7, 11) is 0. The third-order valence-corrected chi connectivity index (χ3v) is 2.45. The van der Waals surface area contributed by atoms with E-state index in [0.29, 0.717) is 23.2 Å². The molecule has 0 heterocycles. The Labute approximate surface area is 94.0 Å². The summed E-state index contributed by atoms with van der Waals surface area (Å²) in [6.07, 6.45) is -0.148. The van der Waals surface area contributed by atoms with E-state index in [0.717, 1.165) is 5.56 Å². The van der Waals surface area contributed by atoms with Crippen LogP contribution in [0.4, 0.5) is 0 Å². The fourth-order valence-corrected chi connectivity index (χ4v) is 1.78. The van der Waals surface area contributed by atoms with Gasteiger partial charge in [0.25, 0.3) is 0 Å². The lowest BCUT2D eigenvalue weighted by molar-refractivity contribution is 0.0689. The van der Waals surface area contributed by atoms with E-state index in [1.807, 2.05) is 13.0 Å². The zero-order chi connectivity index (χ0) is 10.6. The number of rotatable bonds is 4. The van der Waals surface area contributed by atoms with Crippen molar-refractivity contribution in [3.05, 3.63) is 33.8 Å². The Balaban J connectivity index is 2.92. The van der Waals surface area contributed by atoms with Gasteiger partial charge in [-0.25, -0.2) is 0 Å². The van der Waals surface area contributed by atoms with Crippen LogP contribution in [0.5, 0.6) is 0 Å². The average Bonchev–Trinajstić information content (AvgIpc) is 2.15. The Bertz CT molecular complexity index is 304. The third kappa shape index (κ3) is 2.85. The van der Waals surface area contributed by atoms with Crippen molar-refractivity contribution in [1.82, 2.24) is 0 Å². The van der Waals surface area contributed by atoms with Gasteiger partial charge in [0.15, 0.2) is 0 Å². The molecule has 0 fully saturated rings. The molecule has 0 unspecified atom stereocenters. The zero-order valence-electron chi connectivity index (χ0n) is 7.97. The van der Waals surface area contributed by atoms with Gasteiger partial charge < -0.3 is 10.5 Å². The molecule has 1 aromatic rings. The van der Waals surface area contributed by atoms with Crippen LogP contribution in [0, 0.1) is 0 Å². The summed E-state index contributed by atoms with van der Waals surface area (Å²) in [6, 6.07) is 5.32. The molecule has 0 aromatic heterocycles. The summed E-state index contributed by atoms with van der Waals surface area (Å²) in [5.74, 6) is 0. The number of benzene rings is 1. The molecule has 1 rings (SSSR count). The summed E-state index contributed by atoms with van der Waals surface area (Å²) in [5, 5.41) is 1.22. The maximum absolute atomic E-state index is 6.02. The molecule has 2 nitrogen and oxygen atoms in total. The number of hydrogen-bond donors (Lipinski definition) is 1. The standard InChI is InChI=1S/C10H13Cl2NO/c1-2-14-10(6-13)8-4-3-7(11)5-9(8)12/h3-5,10H,2,6,13H2,1H3/t10-/m0/s1. The Hall–Kier alpha value is -0.280. The molecule has 78 valence electrons. The molecule has 0 amide bonds. The first-order chi connectivity index (χ1) is 6.69. The Morgan fingerprint density at radius 3 is 2.64 bits per heavy atom. The molecule has 4 heteroatoms. The minimum absolute atomic E-state index is 0.148. The molecule has 0 aliphatic carbocycles. The summed E-state index contributed by atoms with van der Waals surface area (Å²) >= 11 is 11.8. The van der Waals surface area contributed by atoms with Gasteiger partial charge in [-0.05, 0) is 19.1 Å². The molecule has 1 aromatic carbocycles. The first-order valence-corrected chi connectivity index (χ1v) is 5.21. The average molecular weight is 234 g/mol. The highest BCUT2D eigenvalue weighted by Crippen LogP contribution is 2.27. The molecule has 2 N–H and O–H groups in total. The van der Waals surface area contributed by atoms with Crippen LogP contribution < -0.4 is 5.73 Å². The molecule has 0 spiro atoms. The molecule has 0 aliphatic rings. The van der Waals surface area contributed by atoms with E-state index in [-0.39, 0.29) is 6.10 Å². The fourth-order valence-electron chi connectivity index (χ4n) is 1.25. The van der Waals surface area contributed by atoms with Gasteiger partial charge in [-0.15, -0.1) is 0 Å². The predicted octanol–water partition coefficient (Wildman–Crippen LogP) is 3.03. The summed E-state index contributed by atoms with van der Waals surface area (Å²) in [6.45, 7) is 2.95. The lowest BCUT2D eigenvalue weighted by atomic mass is 10.1. The second kappa shape index (κ2) is 5.56. The smallest absolute Gasteiger partial charge is 0.0961 e. The van der Waals surface area contributed by atoms with E-state index < -0.39 is 0 Å². The van der Waals surface area contributed by atoms with Crippen molar-refractivity contribution < 1.29 is 4.74 Å². The minimum atomic E-state index is -0.148. The van der Waals surface area contributed by atoms with Crippen molar-refractivity contribution in [2.75, 3.05) is 13.2 Å². The van der Waals surface area contributed by atoms with Crippen molar-refractivity contribution >= 4 is 23.2 Å². The highest BCUT2D eigenvalue weighted by atomic mass is 35.5. The summed E-state index contributed by atoms with van der Waals surface area (Å²) in [5.41, 5.74) is 6.47. The van der Waals surface area contributed by atoms with E-state index in [4.69, 9.17) is 33.7 Å². The van der Waals surface area contributed by atoms with E-state index >= 15 is 0 Å². The summed E-state index contributed by atoms with van der Waals surface area (Å²) < 4.78 is 5.45. The fraction of sp³-hybridized carbons (Fsp3) is 0.400. The van der Waals surface area contributed by atoms with Crippen molar-refractivity contribution in [1.29, 1.82) is 0 Å². The van der Waals surface area contributed by atoms with Gasteiger partial charge in [-0.2, -0.15) is 0 Å². The first kappa shape index (κ1) is 11.8. The highest BCUT2D eigenvalue weighted by molar-refractivity contribution is 6.35. The molecule has 0 aliphatic heterocycles. The monoisotopic (exact) mass is 233 g/mol. The molecule has 0 bridgehead atoms. The van der Waals surface area contributed by atoms with Gasteiger partial charge in [-0.1, -0.05) is 29.3 Å². The molecule has 1 atom stereocenters. The summed E-state index contributed by atoms with van der Waals surface area (Å²) in [4.78, 5) is 0. The Morgan fingerprint density at radius 1 is 1.43 bits per heavy atom. The highest BCUT2D eigenvalue weighted by Gasteiger charge is 2.12. The minimum Gasteiger partial charge on any atom is -0.372 e. The van der Waals surface area contributed by atoms with Crippen molar-refractivity contribution in [3.63, 3.8) is 0 Å². The number of ether oxygens (including phenoxy) is 1. The van der Waals surface area contributed by atoms with Gasteiger partial charge in [0.2, 0.25) is 0 Å². The van der Waals surface area contributed by atoms with Crippen LogP contribution in [0.1, 0.15) is 18.6 Å². The SMILES string of the molecule is CCO[C@@H](CN)c1ccc(Cl)cc1Cl. The molecule has 0 radical (unpaired) electrons. The second-order valence-corrected chi connectivity index (χ2v) is 3.69. The molecular formula is C10H13Cl2NO. The quantitative estimate of drug-likeness (QED) is 0.868. The first-order valence-electron chi connectivity index (χ1n) is 4.45. The van der Waals surface area contributed by atoms with E-state index in [9.17, 15) is 0 Å². The van der Waals surface area contributed by atoms with E-state index in [1.165, 1.54) is 0 Å². The normalized spacial score (nSPS) is 12.9. The molecule has 0 saturated heterocycles. The van der Waals surface area contributed by atoms with Crippen molar-refractivity contribution in [2.24, 2.45) is 5.73 Å². The van der Waals surface area contributed by atoms with Crippen LogP contribution in [0.25, 0.3) is 0 Å². The van der Waals surface area contributed by atoms with Gasteiger partial charge in [0.05, 0.1) is 6.10 Å². The van der Waals surface area contributed by atoms with E-state index in [1.54, 1.807) is 12.1 Å². The van der Waals surface area contributed by atoms with Crippen LogP contribution in [0.2, 0.25) is 10.0 Å². The molecule has 0 saturated carbocycles. The molecule has 14 heavy (non-hydrogen) atoms. The van der Waals surface area contributed by atoms with Crippen LogP contribution in [0.3, 0.4) is 0 Å². The topological polar surface area (TPSA) is 35.2 Å². The maximum Gasteiger partial charge on any atom is 0.0961 e. The zero-order valence-corrected chi connectivity index (χ0v) is 9.48. The lowest BCUT2D eigenvalue weighted by Crippen LogP contribution is -2.16. The van der Waals surface area contributed by atoms with Crippen LogP contribution in [-0.2, 0) is 4.74 Å². The predicted molar refractivity (Wildman–Crippen MR) is 59.9 cm³/mol. The van der Waals surface area contributed by atoms with Crippen molar-refractivity contribution in [2.45, 2.75) is 13.0 Å².